The lowest BCUT2D eigenvalue weighted by Gasteiger charge is -2.28. The molecule has 1 atom stereocenters. The smallest absolute Gasteiger partial charge is 0.317 e. The highest BCUT2D eigenvalue weighted by Gasteiger charge is 2.17. The molecule has 1 saturated heterocycles. The van der Waals surface area contributed by atoms with Crippen molar-refractivity contribution in [3.05, 3.63) is 0 Å². The molecule has 0 aliphatic carbocycles. The molecular formula is C9H18N2O2. The number of hydrogen-bond donors (Lipinski definition) is 1. The highest BCUT2D eigenvalue weighted by Crippen LogP contribution is 1.98. The van der Waals surface area contributed by atoms with Gasteiger partial charge in [0.2, 0.25) is 0 Å². The Bertz CT molecular complexity index is 167. The summed E-state index contributed by atoms with van der Waals surface area (Å²) in [5, 5.41) is 2.93. The summed E-state index contributed by atoms with van der Waals surface area (Å²) in [6, 6.07) is 0.299. The van der Waals surface area contributed by atoms with Gasteiger partial charge in [-0.05, 0) is 13.3 Å². The third-order valence-electron chi connectivity index (χ3n) is 2.28. The molecule has 1 heterocycles. The minimum Gasteiger partial charge on any atom is -0.378 e. The zero-order chi connectivity index (χ0) is 9.68. The molecule has 0 aromatic heterocycles. The van der Waals surface area contributed by atoms with Gasteiger partial charge in [0.15, 0.2) is 0 Å². The van der Waals surface area contributed by atoms with E-state index in [0.717, 1.165) is 6.42 Å². The zero-order valence-electron chi connectivity index (χ0n) is 8.38. The summed E-state index contributed by atoms with van der Waals surface area (Å²) in [5.74, 6) is 0. The molecule has 0 radical (unpaired) electrons. The summed E-state index contributed by atoms with van der Waals surface area (Å²) >= 11 is 0. The van der Waals surface area contributed by atoms with Crippen molar-refractivity contribution in [2.75, 3.05) is 26.3 Å². The lowest BCUT2D eigenvalue weighted by Crippen LogP contribution is -2.48. The van der Waals surface area contributed by atoms with Gasteiger partial charge in [-0.1, -0.05) is 6.92 Å². The van der Waals surface area contributed by atoms with Gasteiger partial charge in [-0.15, -0.1) is 0 Å². The summed E-state index contributed by atoms with van der Waals surface area (Å²) in [4.78, 5) is 13.3. The molecule has 0 bridgehead atoms. The van der Waals surface area contributed by atoms with E-state index in [9.17, 15) is 4.79 Å². The van der Waals surface area contributed by atoms with E-state index in [4.69, 9.17) is 4.74 Å². The minimum atomic E-state index is 0.0395. The van der Waals surface area contributed by atoms with Crippen LogP contribution in [0.4, 0.5) is 4.79 Å². The predicted octanol–water partition coefficient (Wildman–Crippen LogP) is 0.827. The maximum atomic E-state index is 11.5. The van der Waals surface area contributed by atoms with Crippen molar-refractivity contribution in [1.29, 1.82) is 0 Å². The minimum absolute atomic E-state index is 0.0395. The summed E-state index contributed by atoms with van der Waals surface area (Å²) in [7, 11) is 0. The standard InChI is InChI=1S/C9H18N2O2/c1-3-8(2)10-9(12)11-4-6-13-7-5-11/h8H,3-7H2,1-2H3,(H,10,12). The lowest BCUT2D eigenvalue weighted by molar-refractivity contribution is 0.0526. The molecular weight excluding hydrogens is 168 g/mol. The Balaban J connectivity index is 2.29. The van der Waals surface area contributed by atoms with Crippen molar-refractivity contribution < 1.29 is 9.53 Å². The van der Waals surface area contributed by atoms with Crippen LogP contribution in [0.25, 0.3) is 0 Å². The monoisotopic (exact) mass is 186 g/mol. The van der Waals surface area contributed by atoms with E-state index < -0.39 is 0 Å². The van der Waals surface area contributed by atoms with Crippen LogP contribution >= 0.6 is 0 Å². The molecule has 0 spiro atoms. The van der Waals surface area contributed by atoms with Crippen LogP contribution in [-0.4, -0.2) is 43.3 Å². The number of morpholine rings is 1. The SMILES string of the molecule is CCC(C)NC(=O)N1CCOCC1. The van der Waals surface area contributed by atoms with E-state index >= 15 is 0 Å². The molecule has 1 aliphatic heterocycles. The molecule has 1 aliphatic rings. The second-order valence-corrected chi connectivity index (χ2v) is 3.36. The van der Waals surface area contributed by atoms with Crippen LogP contribution < -0.4 is 5.32 Å². The van der Waals surface area contributed by atoms with E-state index in [2.05, 4.69) is 12.2 Å². The average molecular weight is 186 g/mol. The number of carbonyl (C=O) groups excluding carboxylic acids is 1. The van der Waals surface area contributed by atoms with Gasteiger partial charge in [0.05, 0.1) is 13.2 Å². The van der Waals surface area contributed by atoms with Gasteiger partial charge in [0.25, 0.3) is 0 Å². The molecule has 0 saturated carbocycles. The quantitative estimate of drug-likeness (QED) is 0.694. The van der Waals surface area contributed by atoms with Crippen LogP contribution in [0.2, 0.25) is 0 Å². The van der Waals surface area contributed by atoms with Gasteiger partial charge >= 0.3 is 6.03 Å². The molecule has 0 aromatic carbocycles. The van der Waals surface area contributed by atoms with Gasteiger partial charge in [-0.2, -0.15) is 0 Å². The molecule has 0 aromatic rings. The van der Waals surface area contributed by atoms with E-state index in [1.54, 1.807) is 4.90 Å². The highest BCUT2D eigenvalue weighted by molar-refractivity contribution is 5.74. The molecule has 13 heavy (non-hydrogen) atoms. The van der Waals surface area contributed by atoms with Crippen LogP contribution in [0.15, 0.2) is 0 Å². The van der Waals surface area contributed by atoms with E-state index in [1.165, 1.54) is 0 Å². The summed E-state index contributed by atoms with van der Waals surface area (Å²) < 4.78 is 5.16. The van der Waals surface area contributed by atoms with E-state index in [-0.39, 0.29) is 12.1 Å². The number of amides is 2. The van der Waals surface area contributed by atoms with Crippen LogP contribution in [0.1, 0.15) is 20.3 Å². The Morgan fingerprint density at radius 2 is 2.15 bits per heavy atom. The van der Waals surface area contributed by atoms with E-state index in [1.807, 2.05) is 6.92 Å². The van der Waals surface area contributed by atoms with Crippen molar-refractivity contribution in [3.8, 4) is 0 Å². The Morgan fingerprint density at radius 1 is 1.54 bits per heavy atom. The molecule has 1 fully saturated rings. The van der Waals surface area contributed by atoms with Gasteiger partial charge in [-0.25, -0.2) is 4.79 Å². The fourth-order valence-corrected chi connectivity index (χ4v) is 1.17. The molecule has 4 heteroatoms. The number of hydrogen-bond acceptors (Lipinski definition) is 2. The Morgan fingerprint density at radius 3 is 2.69 bits per heavy atom. The second-order valence-electron chi connectivity index (χ2n) is 3.36. The van der Waals surface area contributed by atoms with Gasteiger partial charge in [0.1, 0.15) is 0 Å². The van der Waals surface area contributed by atoms with Crippen molar-refractivity contribution >= 4 is 6.03 Å². The van der Waals surface area contributed by atoms with Crippen molar-refractivity contribution in [2.24, 2.45) is 0 Å². The third kappa shape index (κ3) is 3.22. The van der Waals surface area contributed by atoms with Crippen LogP contribution in [0, 0.1) is 0 Å². The van der Waals surface area contributed by atoms with Crippen molar-refractivity contribution in [2.45, 2.75) is 26.3 Å². The first-order valence-corrected chi connectivity index (χ1v) is 4.87. The third-order valence-corrected chi connectivity index (χ3v) is 2.28. The maximum absolute atomic E-state index is 11.5. The van der Waals surface area contributed by atoms with E-state index in [0.29, 0.717) is 26.3 Å². The van der Waals surface area contributed by atoms with Gasteiger partial charge in [-0.3, -0.25) is 0 Å². The molecule has 1 rings (SSSR count). The Kier molecular flexibility index (Phi) is 4.02. The summed E-state index contributed by atoms with van der Waals surface area (Å²) in [6.45, 7) is 6.81. The summed E-state index contributed by atoms with van der Waals surface area (Å²) in [6.07, 6.45) is 0.968. The highest BCUT2D eigenvalue weighted by atomic mass is 16.5. The normalized spacial score (nSPS) is 19.7. The van der Waals surface area contributed by atoms with Crippen LogP contribution in [0.3, 0.4) is 0 Å². The average Bonchev–Trinajstić information content (AvgIpc) is 2.19. The topological polar surface area (TPSA) is 41.6 Å². The number of carbonyl (C=O) groups is 1. The second kappa shape index (κ2) is 5.07. The first-order valence-electron chi connectivity index (χ1n) is 4.87. The van der Waals surface area contributed by atoms with Gasteiger partial charge in [0, 0.05) is 19.1 Å². The molecule has 1 N–H and O–H groups in total. The number of rotatable bonds is 2. The largest absolute Gasteiger partial charge is 0.378 e. The number of nitrogens with zero attached hydrogens (tertiary/aromatic N) is 1. The fourth-order valence-electron chi connectivity index (χ4n) is 1.17. The maximum Gasteiger partial charge on any atom is 0.317 e. The first-order chi connectivity index (χ1) is 6.24. The van der Waals surface area contributed by atoms with Crippen molar-refractivity contribution in [1.82, 2.24) is 10.2 Å². The molecule has 76 valence electrons. The molecule has 2 amide bonds. The Hall–Kier alpha value is -0.770. The molecule has 1 unspecified atom stereocenters. The van der Waals surface area contributed by atoms with Crippen LogP contribution in [0.5, 0.6) is 0 Å². The number of ether oxygens (including phenoxy) is 1. The Labute approximate surface area is 79.2 Å². The van der Waals surface area contributed by atoms with Crippen LogP contribution in [-0.2, 0) is 4.74 Å². The number of urea groups is 1. The fraction of sp³-hybridized carbons (Fsp3) is 0.889. The lowest BCUT2D eigenvalue weighted by atomic mass is 10.3. The molecule has 4 nitrogen and oxygen atoms in total. The summed E-state index contributed by atoms with van der Waals surface area (Å²) in [5.41, 5.74) is 0. The number of nitrogens with one attached hydrogen (secondary N) is 1. The first kappa shape index (κ1) is 10.3. The predicted molar refractivity (Wildman–Crippen MR) is 50.7 cm³/mol. The zero-order valence-corrected chi connectivity index (χ0v) is 8.38. The van der Waals surface area contributed by atoms with Crippen molar-refractivity contribution in [3.63, 3.8) is 0 Å². The van der Waals surface area contributed by atoms with Gasteiger partial charge < -0.3 is 15.0 Å².